The van der Waals surface area contributed by atoms with E-state index in [2.05, 4.69) is 21.0 Å². The number of rotatable bonds is 4. The molecule has 8 heteroatoms. The molecule has 1 aliphatic rings. The van der Waals surface area contributed by atoms with Crippen LogP contribution in [0.15, 0.2) is 36.5 Å². The van der Waals surface area contributed by atoms with Crippen molar-refractivity contribution >= 4 is 29.9 Å². The number of amides is 2. The average Bonchev–Trinajstić information content (AvgIpc) is 3.11. The second-order valence-electron chi connectivity index (χ2n) is 7.92. The van der Waals surface area contributed by atoms with E-state index in [1.54, 1.807) is 30.3 Å². The van der Waals surface area contributed by atoms with Crippen molar-refractivity contribution in [3.63, 3.8) is 0 Å². The fourth-order valence-corrected chi connectivity index (χ4v) is 3.07. The Bertz CT molecular complexity index is 822. The van der Waals surface area contributed by atoms with Crippen molar-refractivity contribution in [2.75, 3.05) is 18.4 Å². The molecule has 7 nitrogen and oxygen atoms in total. The molecular formula is C20H28ClN5O2. The van der Waals surface area contributed by atoms with Gasteiger partial charge in [-0.05, 0) is 64.4 Å². The van der Waals surface area contributed by atoms with Gasteiger partial charge in [0.05, 0.1) is 6.04 Å². The maximum atomic E-state index is 12.5. The number of hydrogen-bond donors (Lipinski definition) is 3. The molecule has 2 heterocycles. The van der Waals surface area contributed by atoms with E-state index in [0.29, 0.717) is 16.9 Å². The first-order chi connectivity index (χ1) is 12.8. The van der Waals surface area contributed by atoms with Gasteiger partial charge in [0, 0.05) is 29.5 Å². The van der Waals surface area contributed by atoms with Gasteiger partial charge in [-0.25, -0.2) is 0 Å². The number of nitrogens with zero attached hydrogens (tertiary/aromatic N) is 2. The van der Waals surface area contributed by atoms with Crippen LogP contribution < -0.4 is 16.0 Å². The normalized spacial score (nSPS) is 16.8. The lowest BCUT2D eigenvalue weighted by molar-refractivity contribution is 0.0918. The minimum atomic E-state index is -0.322. The van der Waals surface area contributed by atoms with E-state index in [0.717, 1.165) is 25.9 Å². The number of hydrogen-bond acceptors (Lipinski definition) is 4. The summed E-state index contributed by atoms with van der Waals surface area (Å²) in [6, 6.07) is 8.90. The van der Waals surface area contributed by atoms with Crippen LogP contribution in [0.5, 0.6) is 0 Å². The first-order valence-corrected chi connectivity index (χ1v) is 9.32. The molecular weight excluding hydrogens is 378 g/mol. The van der Waals surface area contributed by atoms with Crippen molar-refractivity contribution in [2.45, 2.75) is 45.2 Å². The van der Waals surface area contributed by atoms with E-state index < -0.39 is 0 Å². The van der Waals surface area contributed by atoms with E-state index in [1.807, 2.05) is 31.6 Å². The Morgan fingerprint density at radius 1 is 1.21 bits per heavy atom. The molecule has 1 atom stereocenters. The summed E-state index contributed by atoms with van der Waals surface area (Å²) >= 11 is 0. The van der Waals surface area contributed by atoms with Crippen molar-refractivity contribution in [1.82, 2.24) is 20.4 Å². The maximum Gasteiger partial charge on any atom is 0.276 e. The van der Waals surface area contributed by atoms with Gasteiger partial charge >= 0.3 is 0 Å². The molecule has 1 fully saturated rings. The number of halogens is 1. The molecule has 1 aliphatic heterocycles. The third-order valence-electron chi connectivity index (χ3n) is 4.36. The first-order valence-electron chi connectivity index (χ1n) is 9.32. The molecule has 1 unspecified atom stereocenters. The molecule has 2 aromatic rings. The maximum absolute atomic E-state index is 12.5. The van der Waals surface area contributed by atoms with Crippen LogP contribution in [0.1, 0.15) is 60.5 Å². The fraction of sp³-hybridized carbons (Fsp3) is 0.450. The Kier molecular flexibility index (Phi) is 7.21. The van der Waals surface area contributed by atoms with E-state index in [9.17, 15) is 9.59 Å². The summed E-state index contributed by atoms with van der Waals surface area (Å²) in [5.41, 5.74) is 1.11. The quantitative estimate of drug-likeness (QED) is 0.729. The zero-order valence-corrected chi connectivity index (χ0v) is 17.3. The molecule has 3 N–H and O–H groups in total. The molecule has 2 amide bonds. The monoisotopic (exact) mass is 405 g/mol. The Labute approximate surface area is 171 Å². The molecule has 0 spiro atoms. The lowest BCUT2D eigenvalue weighted by Crippen LogP contribution is -2.40. The number of aromatic nitrogens is 2. The van der Waals surface area contributed by atoms with Crippen LogP contribution in [0.4, 0.5) is 5.69 Å². The number of nitrogens with one attached hydrogen (secondary N) is 3. The van der Waals surface area contributed by atoms with Gasteiger partial charge < -0.3 is 16.0 Å². The topological polar surface area (TPSA) is 88.0 Å². The van der Waals surface area contributed by atoms with Crippen molar-refractivity contribution < 1.29 is 9.59 Å². The summed E-state index contributed by atoms with van der Waals surface area (Å²) in [5, 5.41) is 13.5. The minimum absolute atomic E-state index is 0. The van der Waals surface area contributed by atoms with Crippen LogP contribution in [0, 0.1) is 0 Å². The van der Waals surface area contributed by atoms with Crippen molar-refractivity contribution in [1.29, 1.82) is 0 Å². The number of anilines is 1. The summed E-state index contributed by atoms with van der Waals surface area (Å²) in [4.78, 5) is 24.8. The van der Waals surface area contributed by atoms with Crippen LogP contribution in [0.2, 0.25) is 0 Å². The third kappa shape index (κ3) is 5.81. The van der Waals surface area contributed by atoms with E-state index in [4.69, 9.17) is 0 Å². The zero-order chi connectivity index (χ0) is 19.4. The Morgan fingerprint density at radius 3 is 2.68 bits per heavy atom. The highest BCUT2D eigenvalue weighted by Crippen LogP contribution is 2.17. The lowest BCUT2D eigenvalue weighted by atomic mass is 10.1. The van der Waals surface area contributed by atoms with E-state index in [-0.39, 0.29) is 35.8 Å². The number of carbonyl (C=O) groups is 2. The molecule has 1 aromatic heterocycles. The highest BCUT2D eigenvalue weighted by molar-refractivity contribution is 6.03. The van der Waals surface area contributed by atoms with Crippen molar-refractivity contribution in [2.24, 2.45) is 0 Å². The number of piperidine rings is 1. The first kappa shape index (κ1) is 21.9. The predicted molar refractivity (Wildman–Crippen MR) is 112 cm³/mol. The molecule has 0 aliphatic carbocycles. The zero-order valence-electron chi connectivity index (χ0n) is 16.5. The van der Waals surface area contributed by atoms with E-state index in [1.165, 1.54) is 0 Å². The molecule has 3 rings (SSSR count). The predicted octanol–water partition coefficient (Wildman–Crippen LogP) is 3.01. The van der Waals surface area contributed by atoms with Gasteiger partial charge in [0.2, 0.25) is 0 Å². The van der Waals surface area contributed by atoms with E-state index >= 15 is 0 Å². The minimum Gasteiger partial charge on any atom is -0.347 e. The summed E-state index contributed by atoms with van der Waals surface area (Å²) < 4.78 is 1.86. The fourth-order valence-electron chi connectivity index (χ4n) is 3.07. The Morgan fingerprint density at radius 2 is 2.00 bits per heavy atom. The SMILES string of the molecule is CC(C)(C)NC(=O)c1cccc(NC(=O)c2ccn(C3CCCNC3)n2)c1.Cl. The summed E-state index contributed by atoms with van der Waals surface area (Å²) in [7, 11) is 0. The molecule has 152 valence electrons. The largest absolute Gasteiger partial charge is 0.347 e. The Hall–Kier alpha value is -2.38. The van der Waals surface area contributed by atoms with Crippen molar-refractivity contribution in [3.8, 4) is 0 Å². The van der Waals surface area contributed by atoms with Crippen molar-refractivity contribution in [3.05, 3.63) is 47.8 Å². The van der Waals surface area contributed by atoms with Crippen LogP contribution in [0.25, 0.3) is 0 Å². The molecule has 28 heavy (non-hydrogen) atoms. The highest BCUT2D eigenvalue weighted by Gasteiger charge is 2.19. The molecule has 0 radical (unpaired) electrons. The second-order valence-corrected chi connectivity index (χ2v) is 7.92. The van der Waals surface area contributed by atoms with Gasteiger partial charge in [-0.2, -0.15) is 5.10 Å². The van der Waals surface area contributed by atoms with Crippen LogP contribution in [0.3, 0.4) is 0 Å². The lowest BCUT2D eigenvalue weighted by Gasteiger charge is -2.22. The summed E-state index contributed by atoms with van der Waals surface area (Å²) in [6.45, 7) is 7.68. The summed E-state index contributed by atoms with van der Waals surface area (Å²) in [6.07, 6.45) is 4.01. The highest BCUT2D eigenvalue weighted by atomic mass is 35.5. The second kappa shape index (κ2) is 9.21. The van der Waals surface area contributed by atoms with Gasteiger partial charge in [-0.15, -0.1) is 12.4 Å². The van der Waals surface area contributed by atoms with Gasteiger partial charge in [0.1, 0.15) is 0 Å². The molecule has 1 aromatic carbocycles. The van der Waals surface area contributed by atoms with Gasteiger partial charge in [0.15, 0.2) is 5.69 Å². The van der Waals surface area contributed by atoms with Gasteiger partial charge in [0.25, 0.3) is 11.8 Å². The third-order valence-corrected chi connectivity index (χ3v) is 4.36. The molecule has 0 bridgehead atoms. The van der Waals surface area contributed by atoms with Crippen LogP contribution in [-0.2, 0) is 0 Å². The number of benzene rings is 1. The van der Waals surface area contributed by atoms with Gasteiger partial charge in [-0.1, -0.05) is 6.07 Å². The average molecular weight is 406 g/mol. The molecule has 1 saturated heterocycles. The summed E-state index contributed by atoms with van der Waals surface area (Å²) in [5.74, 6) is -0.460. The van der Waals surface area contributed by atoms with Crippen LogP contribution >= 0.6 is 12.4 Å². The molecule has 0 saturated carbocycles. The van der Waals surface area contributed by atoms with Gasteiger partial charge in [-0.3, -0.25) is 14.3 Å². The number of carbonyl (C=O) groups excluding carboxylic acids is 2. The van der Waals surface area contributed by atoms with Crippen LogP contribution in [-0.4, -0.2) is 40.2 Å². The smallest absolute Gasteiger partial charge is 0.276 e. The Balaban J connectivity index is 0.00000280. The standard InChI is InChI=1S/C20H27N5O2.ClH/c1-20(2,3)23-18(26)14-6-4-7-15(12-14)22-19(27)17-9-11-25(24-17)16-8-5-10-21-13-16;/h4,6-7,9,11-12,16,21H,5,8,10,13H2,1-3H3,(H,22,27)(H,23,26);1H.